The molecule has 0 aromatic carbocycles. The Morgan fingerprint density at radius 1 is 1.53 bits per heavy atom. The Balaban J connectivity index is 1.81. The highest BCUT2D eigenvalue weighted by molar-refractivity contribution is 5.72. The van der Waals surface area contributed by atoms with Gasteiger partial charge in [-0.15, -0.1) is 0 Å². The van der Waals surface area contributed by atoms with Crippen LogP contribution in [0.2, 0.25) is 0 Å². The van der Waals surface area contributed by atoms with E-state index in [1.54, 1.807) is 6.07 Å². The summed E-state index contributed by atoms with van der Waals surface area (Å²) in [4.78, 5) is 11.4. The lowest BCUT2D eigenvalue weighted by molar-refractivity contribution is -0.146. The number of methoxy groups -OCH3 is 1. The number of carbonyl (C=O) groups is 1. The highest BCUT2D eigenvalue weighted by Gasteiger charge is 2.26. The number of ether oxygens (including phenoxy) is 1. The lowest BCUT2D eigenvalue weighted by Crippen LogP contribution is -2.25. The van der Waals surface area contributed by atoms with Crippen molar-refractivity contribution < 1.29 is 9.53 Å². The fourth-order valence-corrected chi connectivity index (χ4v) is 2.49. The first-order chi connectivity index (χ1) is 8.19. The molecule has 0 radical (unpaired) electrons. The molecule has 2 N–H and O–H groups in total. The quantitative estimate of drug-likeness (QED) is 0.808. The smallest absolute Gasteiger partial charge is 0.308 e. The minimum Gasteiger partial charge on any atom is -0.469 e. The maximum Gasteiger partial charge on any atom is 0.308 e. The number of hydrogen-bond donors (Lipinski definition) is 1. The molecule has 1 aliphatic rings. The third kappa shape index (κ3) is 2.99. The number of esters is 1. The van der Waals surface area contributed by atoms with Crippen molar-refractivity contribution in [3.8, 4) is 0 Å². The third-order valence-electron chi connectivity index (χ3n) is 3.49. The highest BCUT2D eigenvalue weighted by atomic mass is 16.5. The topological polar surface area (TPSA) is 70.1 Å². The first-order valence-electron chi connectivity index (χ1n) is 6.06. The van der Waals surface area contributed by atoms with Gasteiger partial charge in [0, 0.05) is 12.7 Å². The van der Waals surface area contributed by atoms with Gasteiger partial charge in [-0.2, -0.15) is 5.10 Å². The lowest BCUT2D eigenvalue weighted by Gasteiger charge is -2.26. The summed E-state index contributed by atoms with van der Waals surface area (Å²) in [6.07, 6.45) is 5.86. The predicted molar refractivity (Wildman–Crippen MR) is 64.1 cm³/mol. The molecule has 94 valence electrons. The van der Waals surface area contributed by atoms with E-state index in [0.29, 0.717) is 11.7 Å². The van der Waals surface area contributed by atoms with Crippen LogP contribution >= 0.6 is 0 Å². The fraction of sp³-hybridized carbons (Fsp3) is 0.667. The number of nitrogens with zero attached hydrogens (tertiary/aromatic N) is 2. The van der Waals surface area contributed by atoms with Gasteiger partial charge in [0.1, 0.15) is 5.82 Å². The van der Waals surface area contributed by atoms with Crippen molar-refractivity contribution in [2.75, 3.05) is 12.8 Å². The molecule has 17 heavy (non-hydrogen) atoms. The van der Waals surface area contributed by atoms with Gasteiger partial charge < -0.3 is 10.5 Å². The van der Waals surface area contributed by atoms with Crippen molar-refractivity contribution in [2.24, 2.45) is 11.8 Å². The van der Waals surface area contributed by atoms with Crippen molar-refractivity contribution in [2.45, 2.75) is 32.2 Å². The second-order valence-electron chi connectivity index (χ2n) is 4.70. The zero-order chi connectivity index (χ0) is 12.3. The summed E-state index contributed by atoms with van der Waals surface area (Å²) in [6, 6.07) is 1.81. The molecule has 0 atom stereocenters. The number of hydrogen-bond acceptors (Lipinski definition) is 4. The van der Waals surface area contributed by atoms with E-state index in [0.717, 1.165) is 32.2 Å². The van der Waals surface area contributed by atoms with Crippen molar-refractivity contribution >= 4 is 11.8 Å². The number of anilines is 1. The lowest BCUT2D eigenvalue weighted by atomic mass is 9.82. The van der Waals surface area contributed by atoms with Crippen LogP contribution in [-0.4, -0.2) is 22.9 Å². The first kappa shape index (κ1) is 12.0. The van der Waals surface area contributed by atoms with Crippen molar-refractivity contribution in [3.63, 3.8) is 0 Å². The second-order valence-corrected chi connectivity index (χ2v) is 4.70. The van der Waals surface area contributed by atoms with Crippen LogP contribution in [0.5, 0.6) is 0 Å². The molecular formula is C12H19N3O2. The zero-order valence-electron chi connectivity index (χ0n) is 10.1. The number of nitrogens with two attached hydrogens (primary N) is 1. The normalized spacial score (nSPS) is 24.5. The SMILES string of the molecule is COC(=O)C1CCC(Cn2ccc(N)n2)CC1. The molecule has 1 saturated carbocycles. The molecule has 2 rings (SSSR count). The van der Waals surface area contributed by atoms with E-state index in [-0.39, 0.29) is 11.9 Å². The van der Waals surface area contributed by atoms with Gasteiger partial charge in [0.05, 0.1) is 13.0 Å². The molecule has 0 aliphatic heterocycles. The van der Waals surface area contributed by atoms with Gasteiger partial charge in [-0.1, -0.05) is 0 Å². The Hall–Kier alpha value is -1.52. The van der Waals surface area contributed by atoms with Crippen LogP contribution < -0.4 is 5.73 Å². The Morgan fingerprint density at radius 3 is 2.76 bits per heavy atom. The zero-order valence-corrected chi connectivity index (χ0v) is 10.1. The van der Waals surface area contributed by atoms with E-state index in [1.165, 1.54) is 7.11 Å². The van der Waals surface area contributed by atoms with Gasteiger partial charge in [-0.3, -0.25) is 9.48 Å². The Bertz CT molecular complexity index is 381. The van der Waals surface area contributed by atoms with E-state index in [1.807, 2.05) is 10.9 Å². The summed E-state index contributed by atoms with van der Waals surface area (Å²) >= 11 is 0. The van der Waals surface area contributed by atoms with Gasteiger partial charge in [0.25, 0.3) is 0 Å². The third-order valence-corrected chi connectivity index (χ3v) is 3.49. The molecule has 0 unspecified atom stereocenters. The molecule has 0 saturated heterocycles. The van der Waals surface area contributed by atoms with Crippen molar-refractivity contribution in [1.29, 1.82) is 0 Å². The van der Waals surface area contributed by atoms with Crippen molar-refractivity contribution in [1.82, 2.24) is 9.78 Å². The van der Waals surface area contributed by atoms with Crippen LogP contribution in [0, 0.1) is 11.8 Å². The molecule has 5 nitrogen and oxygen atoms in total. The largest absolute Gasteiger partial charge is 0.469 e. The van der Waals surface area contributed by atoms with Crippen molar-refractivity contribution in [3.05, 3.63) is 12.3 Å². The number of carbonyl (C=O) groups excluding carboxylic acids is 1. The summed E-state index contributed by atoms with van der Waals surface area (Å²) in [7, 11) is 1.46. The predicted octanol–water partition coefficient (Wildman–Crippen LogP) is 1.44. The minimum atomic E-state index is -0.0632. The van der Waals surface area contributed by atoms with E-state index in [4.69, 9.17) is 10.5 Å². The van der Waals surface area contributed by atoms with Crippen LogP contribution in [0.25, 0.3) is 0 Å². The van der Waals surface area contributed by atoms with Crippen LogP contribution in [0.4, 0.5) is 5.82 Å². The number of aromatic nitrogens is 2. The molecule has 5 heteroatoms. The molecule has 0 amide bonds. The second kappa shape index (κ2) is 5.21. The summed E-state index contributed by atoms with van der Waals surface area (Å²) in [6.45, 7) is 0.894. The number of rotatable bonds is 3. The molecule has 0 bridgehead atoms. The van der Waals surface area contributed by atoms with Gasteiger partial charge in [-0.25, -0.2) is 0 Å². The maximum absolute atomic E-state index is 11.4. The van der Waals surface area contributed by atoms with Gasteiger partial charge >= 0.3 is 5.97 Å². The molecule has 1 aromatic rings. The van der Waals surface area contributed by atoms with Gasteiger partial charge in [0.15, 0.2) is 0 Å². The Labute approximate surface area is 101 Å². The Kier molecular flexibility index (Phi) is 3.66. The Morgan fingerprint density at radius 2 is 2.24 bits per heavy atom. The molecule has 1 fully saturated rings. The molecule has 1 heterocycles. The summed E-state index contributed by atoms with van der Waals surface area (Å²) < 4.78 is 6.66. The molecule has 0 spiro atoms. The average molecular weight is 237 g/mol. The summed E-state index contributed by atoms with van der Waals surface area (Å²) in [5.41, 5.74) is 5.57. The molecule has 1 aromatic heterocycles. The van der Waals surface area contributed by atoms with Crippen LogP contribution in [-0.2, 0) is 16.1 Å². The van der Waals surface area contributed by atoms with Crippen LogP contribution in [0.15, 0.2) is 12.3 Å². The van der Waals surface area contributed by atoms with Crippen LogP contribution in [0.3, 0.4) is 0 Å². The summed E-state index contributed by atoms with van der Waals surface area (Å²) in [5, 5.41) is 4.18. The van der Waals surface area contributed by atoms with E-state index < -0.39 is 0 Å². The van der Waals surface area contributed by atoms with E-state index in [2.05, 4.69) is 5.10 Å². The monoisotopic (exact) mass is 237 g/mol. The maximum atomic E-state index is 11.4. The van der Waals surface area contributed by atoms with E-state index in [9.17, 15) is 4.79 Å². The fourth-order valence-electron chi connectivity index (χ4n) is 2.49. The summed E-state index contributed by atoms with van der Waals surface area (Å²) in [5.74, 6) is 1.19. The average Bonchev–Trinajstić information content (AvgIpc) is 2.75. The van der Waals surface area contributed by atoms with Gasteiger partial charge in [0.2, 0.25) is 0 Å². The van der Waals surface area contributed by atoms with Gasteiger partial charge in [-0.05, 0) is 37.7 Å². The highest BCUT2D eigenvalue weighted by Crippen LogP contribution is 2.30. The minimum absolute atomic E-state index is 0.0632. The molecular weight excluding hydrogens is 218 g/mol. The van der Waals surface area contributed by atoms with E-state index >= 15 is 0 Å². The molecule has 1 aliphatic carbocycles. The standard InChI is InChI=1S/C12H19N3O2/c1-17-12(16)10-4-2-9(3-5-10)8-15-7-6-11(13)14-15/h6-7,9-10H,2-5,8H2,1H3,(H2,13,14). The number of nitrogen functional groups attached to an aromatic ring is 1. The van der Waals surface area contributed by atoms with Crippen LogP contribution in [0.1, 0.15) is 25.7 Å². The first-order valence-corrected chi connectivity index (χ1v) is 6.06.